The maximum absolute atomic E-state index is 13.2. The lowest BCUT2D eigenvalue weighted by atomic mass is 9.98. The van der Waals surface area contributed by atoms with Gasteiger partial charge < -0.3 is 14.2 Å². The number of pyridine rings is 1. The molecule has 11 heteroatoms. The quantitative estimate of drug-likeness (QED) is 0.184. The van der Waals surface area contributed by atoms with E-state index in [1.54, 1.807) is 12.3 Å². The highest BCUT2D eigenvalue weighted by Crippen LogP contribution is 2.47. The summed E-state index contributed by atoms with van der Waals surface area (Å²) < 4.78 is 36.3. The molecule has 0 aliphatic carbocycles. The van der Waals surface area contributed by atoms with Gasteiger partial charge in [-0.1, -0.05) is 41.9 Å². The van der Waals surface area contributed by atoms with E-state index in [1.807, 2.05) is 99.0 Å². The Morgan fingerprint density at radius 1 is 0.860 bits per heavy atom. The van der Waals surface area contributed by atoms with Gasteiger partial charge in [0.05, 0.1) is 37.5 Å². The zero-order valence-corrected chi connectivity index (χ0v) is 30.3. The van der Waals surface area contributed by atoms with Crippen LogP contribution in [0.25, 0.3) is 70.9 Å². The number of carbonyl (C=O) groups is 1. The van der Waals surface area contributed by atoms with Gasteiger partial charge in [-0.3, -0.25) is 9.78 Å². The van der Waals surface area contributed by atoms with Crippen molar-refractivity contribution in [1.29, 1.82) is 0 Å². The van der Waals surface area contributed by atoms with E-state index in [1.165, 1.54) is 17.8 Å². The summed E-state index contributed by atoms with van der Waals surface area (Å²) in [5, 5.41) is 14.3. The van der Waals surface area contributed by atoms with Crippen molar-refractivity contribution in [2.45, 2.75) is 39.1 Å². The van der Waals surface area contributed by atoms with Gasteiger partial charge in [0.1, 0.15) is 6.54 Å². The summed E-state index contributed by atoms with van der Waals surface area (Å²) in [5.74, 6) is -0.954. The first-order valence-corrected chi connectivity index (χ1v) is 19.0. The number of carboxylic acids is 1. The van der Waals surface area contributed by atoms with Gasteiger partial charge in [0.15, 0.2) is 9.84 Å². The summed E-state index contributed by atoms with van der Waals surface area (Å²) >= 11 is 7.78. The molecule has 8 aromatic rings. The lowest BCUT2D eigenvalue weighted by Gasteiger charge is -2.16. The first kappa shape index (κ1) is 32.2. The van der Waals surface area contributed by atoms with Crippen molar-refractivity contribution < 1.29 is 18.3 Å². The fraction of sp³-hybridized carbons (Fsp3) is 0.154. The van der Waals surface area contributed by atoms with Gasteiger partial charge >= 0.3 is 5.97 Å². The van der Waals surface area contributed by atoms with E-state index in [2.05, 4.69) is 9.55 Å². The Morgan fingerprint density at radius 3 is 2.40 bits per heavy atom. The van der Waals surface area contributed by atoms with Crippen LogP contribution >= 0.6 is 23.1 Å². The van der Waals surface area contributed by atoms with Crippen LogP contribution in [0.2, 0.25) is 5.02 Å². The second kappa shape index (κ2) is 11.5. The van der Waals surface area contributed by atoms with E-state index < -0.39 is 15.8 Å². The lowest BCUT2D eigenvalue weighted by molar-refractivity contribution is -0.137. The third-order valence-corrected chi connectivity index (χ3v) is 12.0. The number of aliphatic carboxylic acids is 1. The molecule has 1 N–H and O–H groups in total. The normalized spacial score (nSPS) is 12.2. The zero-order valence-electron chi connectivity index (χ0n) is 27.9. The van der Waals surface area contributed by atoms with Crippen molar-refractivity contribution >= 4 is 81.7 Å². The second-order valence-corrected chi connectivity index (χ2v) is 16.0. The summed E-state index contributed by atoms with van der Waals surface area (Å²) in [6.45, 7) is 7.61. The largest absolute Gasteiger partial charge is 0.480 e. The summed E-state index contributed by atoms with van der Waals surface area (Å²) in [6.07, 6.45) is 3.00. The summed E-state index contributed by atoms with van der Waals surface area (Å²) in [5.41, 5.74) is 9.81. The number of nitrogens with zero attached hydrogens (tertiary/aromatic N) is 4. The Labute approximate surface area is 297 Å². The maximum Gasteiger partial charge on any atom is 0.323 e. The van der Waals surface area contributed by atoms with Gasteiger partial charge in [0.25, 0.3) is 0 Å². The van der Waals surface area contributed by atoms with E-state index in [0.29, 0.717) is 10.6 Å². The van der Waals surface area contributed by atoms with Crippen molar-refractivity contribution in [2.75, 3.05) is 6.26 Å². The number of rotatable bonds is 6. The Balaban J connectivity index is 1.58. The molecule has 0 amide bonds. The average molecular weight is 719 g/mol. The van der Waals surface area contributed by atoms with Gasteiger partial charge in [-0.05, 0) is 98.4 Å². The number of carboxylic acid groups (broad SMARTS) is 1. The minimum absolute atomic E-state index is 0.230. The standard InChI is InChI=1S/C39H31ClN4O4S2/c1-20-10-13-30-37(36(22(3)43(30)19-34(45)46)38-27-8-6-7-9-32(27)49-42-38)39(20)44-23(4)35(26-14-15-41-29-17-24(40)11-12-25(26)29)28-16-21(2)33(18-31(28)44)50(5,47)48/h6-18H,19H2,1-5H3,(H,45,46). The van der Waals surface area contributed by atoms with Crippen molar-refractivity contribution in [3.8, 4) is 28.1 Å². The molecule has 4 heterocycles. The van der Waals surface area contributed by atoms with Crippen LogP contribution in [0.1, 0.15) is 22.5 Å². The van der Waals surface area contributed by atoms with Crippen LogP contribution in [-0.2, 0) is 21.2 Å². The third-order valence-electron chi connectivity index (χ3n) is 9.67. The van der Waals surface area contributed by atoms with E-state index in [4.69, 9.17) is 16.0 Å². The molecule has 0 saturated heterocycles. The predicted octanol–water partition coefficient (Wildman–Crippen LogP) is 9.45. The van der Waals surface area contributed by atoms with Crippen LogP contribution in [0.5, 0.6) is 0 Å². The third kappa shape index (κ3) is 4.85. The highest BCUT2D eigenvalue weighted by atomic mass is 35.5. The van der Waals surface area contributed by atoms with E-state index in [9.17, 15) is 18.3 Å². The fourth-order valence-corrected chi connectivity index (χ4v) is 9.47. The number of fused-ring (bicyclic) bond motifs is 4. The molecule has 0 bridgehead atoms. The number of halogens is 1. The van der Waals surface area contributed by atoms with Crippen LogP contribution in [0.3, 0.4) is 0 Å². The molecule has 0 radical (unpaired) electrons. The molecule has 50 heavy (non-hydrogen) atoms. The molecule has 8 rings (SSSR count). The summed E-state index contributed by atoms with van der Waals surface area (Å²) in [6, 6.07) is 23.4. The maximum atomic E-state index is 13.2. The van der Waals surface area contributed by atoms with Crippen molar-refractivity contribution in [3.63, 3.8) is 0 Å². The zero-order chi connectivity index (χ0) is 35.2. The Kier molecular flexibility index (Phi) is 7.41. The van der Waals surface area contributed by atoms with E-state index >= 15 is 0 Å². The minimum Gasteiger partial charge on any atom is -0.480 e. The molecule has 8 nitrogen and oxygen atoms in total. The number of hydrogen-bond donors (Lipinski definition) is 1. The Hall–Kier alpha value is -5.03. The van der Waals surface area contributed by atoms with Crippen molar-refractivity contribution in [3.05, 3.63) is 107 Å². The molecule has 0 spiro atoms. The lowest BCUT2D eigenvalue weighted by Crippen LogP contribution is -2.10. The number of aromatic nitrogens is 4. The Bertz CT molecular complexity index is 2870. The van der Waals surface area contributed by atoms with Crippen LogP contribution in [0.15, 0.2) is 83.9 Å². The van der Waals surface area contributed by atoms with Gasteiger partial charge in [-0.25, -0.2) is 8.42 Å². The number of aryl methyl sites for hydroxylation is 2. The highest BCUT2D eigenvalue weighted by molar-refractivity contribution is 7.90. The molecule has 0 aliphatic rings. The topological polar surface area (TPSA) is 107 Å². The van der Waals surface area contributed by atoms with Gasteiger partial charge in [0.2, 0.25) is 0 Å². The van der Waals surface area contributed by atoms with E-state index in [-0.39, 0.29) is 11.4 Å². The molecule has 250 valence electrons. The van der Waals surface area contributed by atoms with Crippen molar-refractivity contribution in [2.24, 2.45) is 0 Å². The predicted molar refractivity (Wildman–Crippen MR) is 203 cm³/mol. The second-order valence-electron chi connectivity index (χ2n) is 12.8. The minimum atomic E-state index is -3.58. The molecule has 0 fully saturated rings. The number of benzene rings is 4. The first-order valence-electron chi connectivity index (χ1n) is 15.9. The van der Waals surface area contributed by atoms with Crippen LogP contribution in [0, 0.1) is 27.7 Å². The SMILES string of the molecule is Cc1cc2c(-c3ccnc4cc(Cl)ccc34)c(C)n(-c3c(C)ccc4c3c(-c3nsc5ccccc35)c(C)n4CC(=O)O)c2cc1S(C)(=O)=O. The van der Waals surface area contributed by atoms with Crippen LogP contribution in [-0.4, -0.2) is 44.2 Å². The molecule has 0 saturated carbocycles. The van der Waals surface area contributed by atoms with Gasteiger partial charge in [-0.2, -0.15) is 4.37 Å². The smallest absolute Gasteiger partial charge is 0.323 e. The molecule has 4 aromatic heterocycles. The highest BCUT2D eigenvalue weighted by Gasteiger charge is 2.28. The van der Waals surface area contributed by atoms with Gasteiger partial charge in [0, 0.05) is 61.5 Å². The number of sulfone groups is 1. The molecular formula is C39H31ClN4O4S2. The molecule has 0 atom stereocenters. The number of hydrogen-bond acceptors (Lipinski definition) is 6. The monoisotopic (exact) mass is 718 g/mol. The summed E-state index contributed by atoms with van der Waals surface area (Å²) in [7, 11) is -3.58. The van der Waals surface area contributed by atoms with Crippen LogP contribution in [0.4, 0.5) is 0 Å². The molecule has 4 aromatic carbocycles. The van der Waals surface area contributed by atoms with Crippen molar-refractivity contribution in [1.82, 2.24) is 18.5 Å². The van der Waals surface area contributed by atoms with Gasteiger partial charge in [-0.15, -0.1) is 0 Å². The first-order chi connectivity index (χ1) is 23.8. The molecular weight excluding hydrogens is 688 g/mol. The molecule has 0 unspecified atom stereocenters. The fourth-order valence-electron chi connectivity index (χ4n) is 7.55. The van der Waals surface area contributed by atoms with Crippen LogP contribution < -0.4 is 0 Å². The Morgan fingerprint density at radius 2 is 1.64 bits per heavy atom. The van der Waals surface area contributed by atoms with E-state index in [0.717, 1.165) is 87.8 Å². The summed E-state index contributed by atoms with van der Waals surface area (Å²) in [4.78, 5) is 17.1. The molecule has 0 aliphatic heterocycles. The average Bonchev–Trinajstić information content (AvgIpc) is 3.69.